The van der Waals surface area contributed by atoms with Crippen molar-refractivity contribution in [2.24, 2.45) is 0 Å². The van der Waals surface area contributed by atoms with Crippen LogP contribution in [-0.4, -0.2) is 31.3 Å². The molecular weight excluding hydrogens is 586 g/mol. The fourth-order valence-corrected chi connectivity index (χ4v) is 6.70. The van der Waals surface area contributed by atoms with Crippen LogP contribution in [0.1, 0.15) is 69.8 Å². The lowest BCUT2D eigenvalue weighted by molar-refractivity contribution is 0.0697. The maximum absolute atomic E-state index is 12.4. The van der Waals surface area contributed by atoms with Crippen LogP contribution in [0, 0.1) is 27.7 Å². The molecule has 6 aromatic rings. The monoisotopic (exact) mass is 619 g/mol. The highest BCUT2D eigenvalue weighted by Crippen LogP contribution is 2.46. The smallest absolute Gasteiger partial charge is 0.336 e. The predicted octanol–water partition coefficient (Wildman–Crippen LogP) is 9.01. The van der Waals surface area contributed by atoms with E-state index in [4.69, 9.17) is 21.6 Å². The maximum Gasteiger partial charge on any atom is 0.336 e. The minimum atomic E-state index is -1.07. The first-order chi connectivity index (χ1) is 21.4. The molecule has 0 saturated carbocycles. The van der Waals surface area contributed by atoms with Gasteiger partial charge in [-0.1, -0.05) is 48.0 Å². The number of carboxylic acid groups (broad SMARTS) is 1. The molecule has 2 atom stereocenters. The van der Waals surface area contributed by atoms with E-state index in [2.05, 4.69) is 37.4 Å². The average molecular weight is 620 g/mol. The zero-order valence-electron chi connectivity index (χ0n) is 26.0. The van der Waals surface area contributed by atoms with Crippen LogP contribution in [0.15, 0.2) is 60.7 Å². The van der Waals surface area contributed by atoms with Gasteiger partial charge in [-0.25, -0.2) is 9.78 Å². The van der Waals surface area contributed by atoms with Crippen LogP contribution >= 0.6 is 11.6 Å². The molecule has 2 aromatic heterocycles. The number of pyridine rings is 2. The number of halogens is 1. The van der Waals surface area contributed by atoms with Crippen LogP contribution in [0.4, 0.5) is 0 Å². The van der Waals surface area contributed by atoms with E-state index in [0.717, 1.165) is 27.7 Å². The topological polar surface area (TPSA) is 116 Å². The number of aryl methyl sites for hydroxylation is 4. The molecule has 2 heterocycles. The number of carbonyl (C=O) groups is 1. The van der Waals surface area contributed by atoms with Gasteiger partial charge in [-0.05, 0) is 88.1 Å². The third-order valence-electron chi connectivity index (χ3n) is 8.80. The number of nitrogens with zero attached hydrogens (tertiary/aromatic N) is 2. The van der Waals surface area contributed by atoms with Crippen molar-refractivity contribution in [2.45, 2.75) is 53.6 Å². The summed E-state index contributed by atoms with van der Waals surface area (Å²) < 4.78 is 0. The summed E-state index contributed by atoms with van der Waals surface area (Å²) in [6.07, 6.45) is 0. The minimum Gasteiger partial charge on any atom is -0.507 e. The summed E-state index contributed by atoms with van der Waals surface area (Å²) in [7, 11) is 0. The first kappa shape index (κ1) is 30.3. The molecule has 4 aromatic carbocycles. The van der Waals surface area contributed by atoms with Gasteiger partial charge in [0, 0.05) is 50.6 Å². The number of rotatable bonds is 6. The molecule has 8 heteroatoms. The van der Waals surface area contributed by atoms with Gasteiger partial charge in [0.05, 0.1) is 27.1 Å². The Kier molecular flexibility index (Phi) is 7.63. The van der Waals surface area contributed by atoms with E-state index in [0.29, 0.717) is 49.6 Å². The van der Waals surface area contributed by atoms with Crippen molar-refractivity contribution in [3.63, 3.8) is 0 Å². The molecule has 0 aliphatic carbocycles. The molecule has 0 amide bonds. The Morgan fingerprint density at radius 2 is 1.49 bits per heavy atom. The summed E-state index contributed by atoms with van der Waals surface area (Å²) in [6, 6.07) is 18.0. The Labute approximate surface area is 266 Å². The van der Waals surface area contributed by atoms with E-state index in [9.17, 15) is 20.1 Å². The Bertz CT molecular complexity index is 2190. The van der Waals surface area contributed by atoms with Crippen LogP contribution in [0.2, 0.25) is 5.02 Å². The SMILES string of the molecule is Cc1ccc2c(C)ccc(C(C)NC(C)c3c(O)c(C)cc4c(-c5ccccc5C(=O)O)c5cc(Cl)c(O)c(C)c5nc34)c2n1. The Morgan fingerprint density at radius 3 is 2.22 bits per heavy atom. The number of aromatic hydroxyl groups is 2. The van der Waals surface area contributed by atoms with Gasteiger partial charge < -0.3 is 20.6 Å². The average Bonchev–Trinajstić information content (AvgIpc) is 3.00. The fourth-order valence-electron chi connectivity index (χ4n) is 6.45. The van der Waals surface area contributed by atoms with Crippen molar-refractivity contribution in [2.75, 3.05) is 0 Å². The summed E-state index contributed by atoms with van der Waals surface area (Å²) in [5, 5.41) is 38.7. The number of phenols is 2. The number of aromatic nitrogens is 2. The lowest BCUT2D eigenvalue weighted by atomic mass is 9.88. The van der Waals surface area contributed by atoms with E-state index >= 15 is 0 Å². The molecule has 228 valence electrons. The maximum atomic E-state index is 12.4. The molecule has 6 rings (SSSR count). The Morgan fingerprint density at radius 1 is 0.778 bits per heavy atom. The Balaban J connectivity index is 1.62. The molecule has 2 unspecified atom stereocenters. The van der Waals surface area contributed by atoms with Crippen LogP contribution in [0.5, 0.6) is 11.5 Å². The molecule has 0 radical (unpaired) electrons. The fraction of sp³-hybridized carbons (Fsp3) is 0.216. The molecule has 0 spiro atoms. The summed E-state index contributed by atoms with van der Waals surface area (Å²) in [5.74, 6) is -1.07. The van der Waals surface area contributed by atoms with Crippen LogP contribution < -0.4 is 5.32 Å². The van der Waals surface area contributed by atoms with Crippen molar-refractivity contribution in [3.8, 4) is 22.6 Å². The zero-order chi connectivity index (χ0) is 32.3. The highest BCUT2D eigenvalue weighted by Gasteiger charge is 2.26. The van der Waals surface area contributed by atoms with Gasteiger partial charge in [0.1, 0.15) is 11.5 Å². The van der Waals surface area contributed by atoms with Gasteiger partial charge in [-0.15, -0.1) is 0 Å². The third kappa shape index (κ3) is 5.02. The minimum absolute atomic E-state index is 0.0950. The predicted molar refractivity (Wildman–Crippen MR) is 181 cm³/mol. The van der Waals surface area contributed by atoms with Crippen molar-refractivity contribution >= 4 is 50.3 Å². The second-order valence-corrected chi connectivity index (χ2v) is 12.3. The number of carboxylic acids is 1. The summed E-state index contributed by atoms with van der Waals surface area (Å²) in [4.78, 5) is 22.3. The molecule has 0 fully saturated rings. The summed E-state index contributed by atoms with van der Waals surface area (Å²) >= 11 is 6.47. The lowest BCUT2D eigenvalue weighted by Gasteiger charge is -2.25. The summed E-state index contributed by atoms with van der Waals surface area (Å²) in [6.45, 7) is 11.6. The quantitative estimate of drug-likeness (QED) is 0.137. The number of aromatic carboxylic acids is 1. The van der Waals surface area contributed by atoms with Crippen LogP contribution in [0.25, 0.3) is 43.8 Å². The normalized spacial score (nSPS) is 13.0. The lowest BCUT2D eigenvalue weighted by Crippen LogP contribution is -2.23. The molecular formula is C37H34ClN3O4. The van der Waals surface area contributed by atoms with E-state index in [1.165, 1.54) is 0 Å². The number of fused-ring (bicyclic) bond motifs is 3. The second kappa shape index (κ2) is 11.3. The number of nitrogens with one attached hydrogen (secondary N) is 1. The van der Waals surface area contributed by atoms with Gasteiger partial charge in [0.2, 0.25) is 0 Å². The third-order valence-corrected chi connectivity index (χ3v) is 9.08. The van der Waals surface area contributed by atoms with Crippen molar-refractivity contribution in [1.82, 2.24) is 15.3 Å². The highest BCUT2D eigenvalue weighted by molar-refractivity contribution is 6.33. The van der Waals surface area contributed by atoms with Gasteiger partial charge in [-0.2, -0.15) is 0 Å². The second-order valence-electron chi connectivity index (χ2n) is 11.8. The van der Waals surface area contributed by atoms with Crippen molar-refractivity contribution < 1.29 is 20.1 Å². The van der Waals surface area contributed by atoms with Crippen LogP contribution in [-0.2, 0) is 0 Å². The van der Waals surface area contributed by atoms with Gasteiger partial charge in [0.15, 0.2) is 0 Å². The van der Waals surface area contributed by atoms with Gasteiger partial charge in [0.25, 0.3) is 0 Å². The van der Waals surface area contributed by atoms with Gasteiger partial charge >= 0.3 is 5.97 Å². The number of hydrogen-bond acceptors (Lipinski definition) is 6. The van der Waals surface area contributed by atoms with E-state index in [1.807, 2.05) is 32.9 Å². The Hall–Kier alpha value is -4.72. The number of phenolic OH excluding ortho intramolecular Hbond substituents is 2. The molecule has 45 heavy (non-hydrogen) atoms. The highest BCUT2D eigenvalue weighted by atomic mass is 35.5. The van der Waals surface area contributed by atoms with E-state index in [-0.39, 0.29) is 28.1 Å². The first-order valence-electron chi connectivity index (χ1n) is 14.8. The summed E-state index contributed by atoms with van der Waals surface area (Å²) in [5.41, 5.74) is 7.88. The molecule has 0 aliphatic heterocycles. The number of benzene rings is 4. The van der Waals surface area contributed by atoms with Crippen molar-refractivity contribution in [1.29, 1.82) is 0 Å². The van der Waals surface area contributed by atoms with Crippen LogP contribution in [0.3, 0.4) is 0 Å². The van der Waals surface area contributed by atoms with Gasteiger partial charge in [-0.3, -0.25) is 4.98 Å². The van der Waals surface area contributed by atoms with E-state index < -0.39 is 12.0 Å². The number of hydrogen-bond donors (Lipinski definition) is 4. The molecule has 7 nitrogen and oxygen atoms in total. The molecule has 0 saturated heterocycles. The first-order valence-corrected chi connectivity index (χ1v) is 15.2. The zero-order valence-corrected chi connectivity index (χ0v) is 26.7. The molecule has 0 bridgehead atoms. The van der Waals surface area contributed by atoms with Crippen molar-refractivity contribution in [3.05, 3.63) is 105 Å². The van der Waals surface area contributed by atoms with E-state index in [1.54, 1.807) is 37.3 Å². The largest absolute Gasteiger partial charge is 0.507 e. The molecule has 4 N–H and O–H groups in total. The standard InChI is InChI=1S/C37H34ClN3O4/c1-17-11-13-24(33-23(17)14-12-19(3)39-33)21(5)40-22(6)30-34-27(15-18(2)35(30)42)31(25-9-7-8-10-26(25)37(44)45)28-16-29(38)36(43)20(4)32(28)41-34/h7-16,21-22,40,42-43H,1-6H3,(H,44,45). The molecule has 0 aliphatic rings.